The lowest BCUT2D eigenvalue weighted by Crippen LogP contribution is -2.39. The number of ether oxygens (including phenoxy) is 2. The van der Waals surface area contributed by atoms with Gasteiger partial charge < -0.3 is 20.1 Å². The molecule has 2 aromatic rings. The predicted molar refractivity (Wildman–Crippen MR) is 105 cm³/mol. The van der Waals surface area contributed by atoms with Crippen LogP contribution in [0.25, 0.3) is 0 Å². The number of nitrogens with one attached hydrogen (secondary N) is 2. The van der Waals surface area contributed by atoms with E-state index in [9.17, 15) is 17.6 Å². The van der Waals surface area contributed by atoms with Crippen LogP contribution in [0.15, 0.2) is 41.4 Å². The zero-order chi connectivity index (χ0) is 21.6. The molecule has 9 heteroatoms. The second-order valence-corrected chi connectivity index (χ2v) is 6.78. The van der Waals surface area contributed by atoms with Gasteiger partial charge in [0.25, 0.3) is 0 Å². The Labute approximate surface area is 172 Å². The first-order valence-corrected chi connectivity index (χ1v) is 9.49. The van der Waals surface area contributed by atoms with E-state index in [0.29, 0.717) is 49.8 Å². The van der Waals surface area contributed by atoms with E-state index in [1.165, 1.54) is 24.3 Å². The molecule has 1 heterocycles. The number of hydrogen-bond donors (Lipinski definition) is 2. The quantitative estimate of drug-likeness (QED) is 0.421. The van der Waals surface area contributed by atoms with Crippen molar-refractivity contribution in [3.05, 3.63) is 64.5 Å². The van der Waals surface area contributed by atoms with E-state index < -0.39 is 11.7 Å². The summed E-state index contributed by atoms with van der Waals surface area (Å²) < 4.78 is 62.3. The van der Waals surface area contributed by atoms with E-state index in [2.05, 4.69) is 15.6 Å². The fraction of sp³-hybridized carbons (Fsp3) is 0.381. The molecule has 0 aliphatic carbocycles. The fourth-order valence-corrected chi connectivity index (χ4v) is 3.16. The Balaban J connectivity index is 1.46. The molecule has 30 heavy (non-hydrogen) atoms. The van der Waals surface area contributed by atoms with E-state index in [0.717, 1.165) is 23.3 Å². The standard InChI is InChI=1S/C21H23F4N3O2/c1-26-20(27-8-6-14-2-4-17(5-3-14)21(23,24)25)28-9-7-15-10-18(22)11-16-12-29-13-30-19(15)16/h2-5,10-11H,6-9,12-13H2,1H3,(H2,26,27,28). The highest BCUT2D eigenvalue weighted by molar-refractivity contribution is 5.79. The van der Waals surface area contributed by atoms with Gasteiger partial charge >= 0.3 is 6.18 Å². The van der Waals surface area contributed by atoms with Crippen LogP contribution in [0.3, 0.4) is 0 Å². The van der Waals surface area contributed by atoms with Crippen molar-refractivity contribution in [1.82, 2.24) is 10.6 Å². The molecular weight excluding hydrogens is 402 g/mol. The lowest BCUT2D eigenvalue weighted by molar-refractivity contribution is -0.137. The van der Waals surface area contributed by atoms with Crippen molar-refractivity contribution >= 4 is 5.96 Å². The van der Waals surface area contributed by atoms with Crippen molar-refractivity contribution in [1.29, 1.82) is 0 Å². The van der Waals surface area contributed by atoms with Crippen LogP contribution in [0.1, 0.15) is 22.3 Å². The van der Waals surface area contributed by atoms with Crippen molar-refractivity contribution in [2.75, 3.05) is 26.9 Å². The van der Waals surface area contributed by atoms with Crippen molar-refractivity contribution < 1.29 is 27.0 Å². The van der Waals surface area contributed by atoms with Gasteiger partial charge in [-0.25, -0.2) is 4.39 Å². The van der Waals surface area contributed by atoms with Crippen molar-refractivity contribution in [3.63, 3.8) is 0 Å². The fourth-order valence-electron chi connectivity index (χ4n) is 3.16. The SMILES string of the molecule is CN=C(NCCc1ccc(C(F)(F)F)cc1)NCCc1cc(F)cc2c1OCOC2. The zero-order valence-electron chi connectivity index (χ0n) is 16.5. The molecule has 2 N–H and O–H groups in total. The normalized spacial score (nSPS) is 14.1. The van der Waals surface area contributed by atoms with Gasteiger partial charge in [-0.3, -0.25) is 4.99 Å². The first-order valence-electron chi connectivity index (χ1n) is 9.49. The number of halogens is 4. The minimum absolute atomic E-state index is 0.145. The average molecular weight is 425 g/mol. The van der Waals surface area contributed by atoms with Gasteiger partial charge in [-0.05, 0) is 48.2 Å². The molecule has 0 radical (unpaired) electrons. The number of hydrogen-bond acceptors (Lipinski definition) is 3. The summed E-state index contributed by atoms with van der Waals surface area (Å²) in [5.74, 6) is 0.878. The molecule has 0 spiro atoms. The molecule has 0 saturated carbocycles. The summed E-state index contributed by atoms with van der Waals surface area (Å²) in [5.41, 5.74) is 1.57. The first kappa shape index (κ1) is 21.9. The number of aliphatic imine (C=N–C) groups is 1. The molecule has 0 bridgehead atoms. The summed E-state index contributed by atoms with van der Waals surface area (Å²) in [4.78, 5) is 4.12. The number of fused-ring (bicyclic) bond motifs is 1. The first-order chi connectivity index (χ1) is 14.4. The molecular formula is C21H23F4N3O2. The summed E-state index contributed by atoms with van der Waals surface area (Å²) >= 11 is 0. The third kappa shape index (κ3) is 5.85. The van der Waals surface area contributed by atoms with E-state index in [-0.39, 0.29) is 12.6 Å². The van der Waals surface area contributed by atoms with Crippen molar-refractivity contribution in [3.8, 4) is 5.75 Å². The molecule has 0 unspecified atom stereocenters. The summed E-state index contributed by atoms with van der Waals surface area (Å²) in [6.45, 7) is 1.47. The second kappa shape index (κ2) is 9.80. The maximum atomic E-state index is 13.8. The summed E-state index contributed by atoms with van der Waals surface area (Å²) in [7, 11) is 1.62. The molecule has 0 saturated heterocycles. The highest BCUT2D eigenvalue weighted by atomic mass is 19.4. The number of guanidine groups is 1. The van der Waals surface area contributed by atoms with Crippen molar-refractivity contribution in [2.24, 2.45) is 4.99 Å². The maximum Gasteiger partial charge on any atom is 0.416 e. The summed E-state index contributed by atoms with van der Waals surface area (Å²) in [6, 6.07) is 7.96. The van der Waals surface area contributed by atoms with Gasteiger partial charge in [-0.15, -0.1) is 0 Å². The predicted octanol–water partition coefficient (Wildman–Crippen LogP) is 3.66. The van der Waals surface area contributed by atoms with Crippen LogP contribution in [0.4, 0.5) is 17.6 Å². The van der Waals surface area contributed by atoms with Crippen LogP contribution in [0, 0.1) is 5.82 Å². The number of benzene rings is 2. The summed E-state index contributed by atoms with van der Waals surface area (Å²) in [5, 5.41) is 6.25. The van der Waals surface area contributed by atoms with Crippen LogP contribution >= 0.6 is 0 Å². The van der Waals surface area contributed by atoms with Crippen LogP contribution in [0.2, 0.25) is 0 Å². The van der Waals surface area contributed by atoms with Gasteiger partial charge in [0.05, 0.1) is 12.2 Å². The van der Waals surface area contributed by atoms with Gasteiger partial charge in [0.2, 0.25) is 0 Å². The highest BCUT2D eigenvalue weighted by Gasteiger charge is 2.29. The Morgan fingerprint density at radius 2 is 1.77 bits per heavy atom. The maximum absolute atomic E-state index is 13.8. The van der Waals surface area contributed by atoms with E-state index in [4.69, 9.17) is 9.47 Å². The molecule has 0 atom stereocenters. The lowest BCUT2D eigenvalue weighted by atomic mass is 10.1. The van der Waals surface area contributed by atoms with E-state index >= 15 is 0 Å². The molecule has 1 aliphatic heterocycles. The Bertz CT molecular complexity index is 883. The van der Waals surface area contributed by atoms with Crippen LogP contribution in [-0.4, -0.2) is 32.9 Å². The topological polar surface area (TPSA) is 54.9 Å². The molecule has 3 rings (SSSR count). The number of rotatable bonds is 6. The zero-order valence-corrected chi connectivity index (χ0v) is 16.5. The monoisotopic (exact) mass is 425 g/mol. The molecule has 5 nitrogen and oxygen atoms in total. The van der Waals surface area contributed by atoms with Gasteiger partial charge in [-0.1, -0.05) is 12.1 Å². The molecule has 162 valence electrons. The second-order valence-electron chi connectivity index (χ2n) is 6.78. The molecule has 2 aromatic carbocycles. The summed E-state index contributed by atoms with van der Waals surface area (Å²) in [6.07, 6.45) is -3.26. The minimum Gasteiger partial charge on any atom is -0.467 e. The highest BCUT2D eigenvalue weighted by Crippen LogP contribution is 2.30. The van der Waals surface area contributed by atoms with Crippen LogP contribution < -0.4 is 15.4 Å². The average Bonchev–Trinajstić information content (AvgIpc) is 2.72. The van der Waals surface area contributed by atoms with Crippen LogP contribution in [-0.2, 0) is 30.4 Å². The number of nitrogens with zero attached hydrogens (tertiary/aromatic N) is 1. The Morgan fingerprint density at radius 1 is 1.07 bits per heavy atom. The number of alkyl halides is 3. The third-order valence-electron chi connectivity index (χ3n) is 4.65. The van der Waals surface area contributed by atoms with Gasteiger partial charge in [0.1, 0.15) is 11.6 Å². The van der Waals surface area contributed by atoms with Gasteiger partial charge in [0.15, 0.2) is 12.8 Å². The van der Waals surface area contributed by atoms with Gasteiger partial charge in [0, 0.05) is 25.7 Å². The minimum atomic E-state index is -4.33. The largest absolute Gasteiger partial charge is 0.467 e. The molecule has 0 aromatic heterocycles. The van der Waals surface area contributed by atoms with Crippen LogP contribution in [0.5, 0.6) is 5.75 Å². The van der Waals surface area contributed by atoms with Gasteiger partial charge in [-0.2, -0.15) is 13.2 Å². The molecule has 0 amide bonds. The Morgan fingerprint density at radius 3 is 2.43 bits per heavy atom. The van der Waals surface area contributed by atoms with E-state index in [1.807, 2.05) is 0 Å². The van der Waals surface area contributed by atoms with Crippen molar-refractivity contribution in [2.45, 2.75) is 25.6 Å². The third-order valence-corrected chi connectivity index (χ3v) is 4.65. The smallest absolute Gasteiger partial charge is 0.416 e. The molecule has 0 fully saturated rings. The van der Waals surface area contributed by atoms with E-state index in [1.54, 1.807) is 7.05 Å². The Hall–Kier alpha value is -2.81. The molecule has 1 aliphatic rings. The lowest BCUT2D eigenvalue weighted by Gasteiger charge is -2.21. The Kier molecular flexibility index (Phi) is 7.15.